The van der Waals surface area contributed by atoms with Gasteiger partial charge in [-0.3, -0.25) is 4.90 Å². The standard InChI is InChI=1S/C19H27N3O2/c23-14-18-10-5-11-22(18)13-16-7-2-1-6-15(16)12-20-19(24)21-17-8-3-4-9-17/h1-4,6-7,17-18,23H,5,8-14H2,(H2,20,21,24)/t18-/m1/s1. The number of rotatable bonds is 6. The zero-order chi connectivity index (χ0) is 16.8. The molecule has 1 aliphatic heterocycles. The van der Waals surface area contributed by atoms with Crippen molar-refractivity contribution in [1.29, 1.82) is 0 Å². The molecule has 0 unspecified atom stereocenters. The smallest absolute Gasteiger partial charge is 0.315 e. The molecule has 1 aromatic rings. The van der Waals surface area contributed by atoms with E-state index in [9.17, 15) is 9.90 Å². The van der Waals surface area contributed by atoms with E-state index >= 15 is 0 Å². The lowest BCUT2D eigenvalue weighted by molar-refractivity contribution is 0.153. The third-order valence-corrected chi connectivity index (χ3v) is 4.98. The molecule has 0 radical (unpaired) electrons. The second-order valence-corrected chi connectivity index (χ2v) is 6.68. The van der Waals surface area contributed by atoms with Gasteiger partial charge in [0.15, 0.2) is 0 Å². The van der Waals surface area contributed by atoms with Gasteiger partial charge < -0.3 is 15.7 Å². The molecule has 3 rings (SSSR count). The van der Waals surface area contributed by atoms with Crippen molar-refractivity contribution in [3.8, 4) is 0 Å². The highest BCUT2D eigenvalue weighted by Crippen LogP contribution is 2.21. The maximum Gasteiger partial charge on any atom is 0.315 e. The van der Waals surface area contributed by atoms with Gasteiger partial charge in [-0.25, -0.2) is 4.79 Å². The van der Waals surface area contributed by atoms with Gasteiger partial charge in [0.05, 0.1) is 6.61 Å². The molecule has 1 aliphatic carbocycles. The van der Waals surface area contributed by atoms with Gasteiger partial charge in [-0.1, -0.05) is 36.4 Å². The number of aliphatic hydroxyl groups is 1. The van der Waals surface area contributed by atoms with Crippen molar-refractivity contribution in [3.63, 3.8) is 0 Å². The van der Waals surface area contributed by atoms with Crippen LogP contribution < -0.4 is 10.6 Å². The van der Waals surface area contributed by atoms with E-state index in [4.69, 9.17) is 0 Å². The molecule has 1 heterocycles. The molecule has 5 nitrogen and oxygen atoms in total. The van der Waals surface area contributed by atoms with Crippen molar-refractivity contribution < 1.29 is 9.90 Å². The Balaban J connectivity index is 1.54. The summed E-state index contributed by atoms with van der Waals surface area (Å²) in [5.41, 5.74) is 2.36. The predicted molar refractivity (Wildman–Crippen MR) is 94.5 cm³/mol. The molecule has 0 bridgehead atoms. The normalized spacial score (nSPS) is 21.3. The van der Waals surface area contributed by atoms with Crippen molar-refractivity contribution in [2.24, 2.45) is 0 Å². The Kier molecular flexibility index (Phi) is 5.88. The fraction of sp³-hybridized carbons (Fsp3) is 0.526. The molecule has 2 aliphatic rings. The van der Waals surface area contributed by atoms with Crippen LogP contribution in [0.1, 0.15) is 36.8 Å². The van der Waals surface area contributed by atoms with Gasteiger partial charge in [0.2, 0.25) is 0 Å². The summed E-state index contributed by atoms with van der Waals surface area (Å²) >= 11 is 0. The Morgan fingerprint density at radius 2 is 1.96 bits per heavy atom. The molecule has 1 atom stereocenters. The van der Waals surface area contributed by atoms with Gasteiger partial charge >= 0.3 is 6.03 Å². The molecule has 1 aromatic carbocycles. The Morgan fingerprint density at radius 1 is 1.21 bits per heavy atom. The van der Waals surface area contributed by atoms with Gasteiger partial charge in [0, 0.05) is 25.2 Å². The summed E-state index contributed by atoms with van der Waals surface area (Å²) in [6.07, 6.45) is 8.25. The molecule has 24 heavy (non-hydrogen) atoms. The molecule has 0 saturated carbocycles. The number of carbonyl (C=O) groups excluding carboxylic acids is 1. The summed E-state index contributed by atoms with van der Waals surface area (Å²) < 4.78 is 0. The monoisotopic (exact) mass is 329 g/mol. The minimum Gasteiger partial charge on any atom is -0.395 e. The van der Waals surface area contributed by atoms with Crippen molar-refractivity contribution >= 4 is 6.03 Å². The minimum absolute atomic E-state index is 0.104. The number of aliphatic hydroxyl groups excluding tert-OH is 1. The zero-order valence-electron chi connectivity index (χ0n) is 14.1. The second kappa shape index (κ2) is 8.31. The van der Waals surface area contributed by atoms with Gasteiger partial charge in [-0.05, 0) is 43.4 Å². The summed E-state index contributed by atoms with van der Waals surface area (Å²) in [5, 5.41) is 15.5. The largest absolute Gasteiger partial charge is 0.395 e. The van der Waals surface area contributed by atoms with E-state index in [0.29, 0.717) is 6.54 Å². The van der Waals surface area contributed by atoms with Crippen molar-refractivity contribution in [2.45, 2.75) is 50.9 Å². The number of nitrogens with one attached hydrogen (secondary N) is 2. The first-order chi connectivity index (χ1) is 11.8. The van der Waals surface area contributed by atoms with Crippen LogP contribution in [0.4, 0.5) is 4.79 Å². The highest BCUT2D eigenvalue weighted by molar-refractivity contribution is 5.74. The van der Waals surface area contributed by atoms with Gasteiger partial charge in [-0.15, -0.1) is 0 Å². The molecule has 130 valence electrons. The molecule has 1 fully saturated rings. The minimum atomic E-state index is -0.104. The van der Waals surface area contributed by atoms with Gasteiger partial charge in [-0.2, -0.15) is 0 Å². The quantitative estimate of drug-likeness (QED) is 0.701. The molecule has 3 N–H and O–H groups in total. The first kappa shape index (κ1) is 17.0. The molecule has 2 amide bonds. The van der Waals surface area contributed by atoms with Crippen LogP contribution >= 0.6 is 0 Å². The number of hydrogen-bond donors (Lipinski definition) is 3. The van der Waals surface area contributed by atoms with Crippen molar-refractivity contribution in [3.05, 3.63) is 47.5 Å². The average Bonchev–Trinajstić information content (AvgIpc) is 3.25. The molecule has 5 heteroatoms. The number of nitrogens with zero attached hydrogens (tertiary/aromatic N) is 1. The summed E-state index contributed by atoms with van der Waals surface area (Å²) in [5.74, 6) is 0. The lowest BCUT2D eigenvalue weighted by atomic mass is 10.1. The molecule has 1 saturated heterocycles. The number of likely N-dealkylation sites (tertiary alicyclic amines) is 1. The lowest BCUT2D eigenvalue weighted by Gasteiger charge is -2.24. The van der Waals surface area contributed by atoms with E-state index in [0.717, 1.165) is 44.3 Å². The number of benzene rings is 1. The van der Waals surface area contributed by atoms with Gasteiger partial charge in [0.1, 0.15) is 0 Å². The van der Waals surface area contributed by atoms with E-state index in [1.807, 2.05) is 12.1 Å². The predicted octanol–water partition coefficient (Wildman–Crippen LogP) is 2.16. The third kappa shape index (κ3) is 4.36. The number of hydrogen-bond acceptors (Lipinski definition) is 3. The molecule has 0 aromatic heterocycles. The van der Waals surface area contributed by atoms with E-state index in [-0.39, 0.29) is 24.7 Å². The first-order valence-corrected chi connectivity index (χ1v) is 8.87. The van der Waals surface area contributed by atoms with Crippen LogP contribution in [0.5, 0.6) is 0 Å². The number of carbonyl (C=O) groups is 1. The lowest BCUT2D eigenvalue weighted by Crippen LogP contribution is -2.40. The van der Waals surface area contributed by atoms with Crippen LogP contribution in [-0.4, -0.2) is 41.3 Å². The van der Waals surface area contributed by atoms with E-state index in [1.54, 1.807) is 0 Å². The zero-order valence-corrected chi connectivity index (χ0v) is 14.1. The van der Waals surface area contributed by atoms with Crippen molar-refractivity contribution in [2.75, 3.05) is 13.2 Å². The van der Waals surface area contributed by atoms with E-state index < -0.39 is 0 Å². The van der Waals surface area contributed by atoms with Crippen LogP contribution in [0.25, 0.3) is 0 Å². The molecular weight excluding hydrogens is 302 g/mol. The molecular formula is C19H27N3O2. The summed E-state index contributed by atoms with van der Waals surface area (Å²) in [6, 6.07) is 8.62. The Morgan fingerprint density at radius 3 is 2.71 bits per heavy atom. The fourth-order valence-corrected chi connectivity index (χ4v) is 3.56. The second-order valence-electron chi connectivity index (χ2n) is 6.68. The average molecular weight is 329 g/mol. The Labute approximate surface area is 143 Å². The Hall–Kier alpha value is -1.85. The van der Waals surface area contributed by atoms with Crippen LogP contribution in [0.3, 0.4) is 0 Å². The Bertz CT molecular complexity index is 580. The summed E-state index contributed by atoms with van der Waals surface area (Å²) in [4.78, 5) is 14.4. The fourth-order valence-electron chi connectivity index (χ4n) is 3.56. The SMILES string of the molecule is O=C(NCc1ccccc1CN1CCC[C@@H]1CO)NC1CC=CC1. The highest BCUT2D eigenvalue weighted by atomic mass is 16.3. The first-order valence-electron chi connectivity index (χ1n) is 8.87. The van der Waals surface area contributed by atoms with Crippen LogP contribution in [0.15, 0.2) is 36.4 Å². The van der Waals surface area contributed by atoms with Crippen molar-refractivity contribution in [1.82, 2.24) is 15.5 Å². The third-order valence-electron chi connectivity index (χ3n) is 4.98. The van der Waals surface area contributed by atoms with E-state index in [1.165, 1.54) is 5.56 Å². The number of amides is 2. The number of urea groups is 1. The summed E-state index contributed by atoms with van der Waals surface area (Å²) in [6.45, 7) is 2.61. The van der Waals surface area contributed by atoms with Crippen LogP contribution in [-0.2, 0) is 13.1 Å². The van der Waals surface area contributed by atoms with Gasteiger partial charge in [0.25, 0.3) is 0 Å². The summed E-state index contributed by atoms with van der Waals surface area (Å²) in [7, 11) is 0. The molecule has 0 spiro atoms. The van der Waals surface area contributed by atoms with Crippen LogP contribution in [0.2, 0.25) is 0 Å². The maximum absolute atomic E-state index is 12.0. The van der Waals surface area contributed by atoms with E-state index in [2.05, 4.69) is 39.8 Å². The maximum atomic E-state index is 12.0. The highest BCUT2D eigenvalue weighted by Gasteiger charge is 2.24. The topological polar surface area (TPSA) is 64.6 Å². The van der Waals surface area contributed by atoms with Crippen LogP contribution in [0, 0.1) is 0 Å².